The van der Waals surface area contributed by atoms with Gasteiger partial charge in [-0.15, -0.1) is 0 Å². The zero-order valence-electron chi connectivity index (χ0n) is 10.6. The van der Waals surface area contributed by atoms with Crippen molar-refractivity contribution < 1.29 is 18.8 Å². The summed E-state index contributed by atoms with van der Waals surface area (Å²) >= 11 is 0. The maximum absolute atomic E-state index is 13.1. The van der Waals surface area contributed by atoms with Crippen LogP contribution in [0.4, 0.5) is 10.1 Å². The van der Waals surface area contributed by atoms with Crippen molar-refractivity contribution in [2.75, 3.05) is 13.7 Å². The third-order valence-electron chi connectivity index (χ3n) is 2.59. The highest BCUT2D eigenvalue weighted by molar-refractivity contribution is 5.38. The molecule has 1 aromatic rings. The van der Waals surface area contributed by atoms with Gasteiger partial charge in [0.05, 0.1) is 29.3 Å². The summed E-state index contributed by atoms with van der Waals surface area (Å²) < 4.78 is 23.6. The Morgan fingerprint density at radius 3 is 2.61 bits per heavy atom. The Kier molecular flexibility index (Phi) is 4.61. The minimum absolute atomic E-state index is 0.147. The number of hydrogen-bond acceptors (Lipinski definition) is 4. The van der Waals surface area contributed by atoms with Crippen LogP contribution >= 0.6 is 0 Å². The van der Waals surface area contributed by atoms with Crippen molar-refractivity contribution in [2.45, 2.75) is 25.9 Å². The van der Waals surface area contributed by atoms with Gasteiger partial charge in [0.15, 0.2) is 0 Å². The SMILES string of the molecule is COC(C)(C)CCOc1cc(F)cc([N+](=O)[O-])c1. The first-order valence-electron chi connectivity index (χ1n) is 5.47. The van der Waals surface area contributed by atoms with Gasteiger partial charge in [0, 0.05) is 19.6 Å². The lowest BCUT2D eigenvalue weighted by atomic mass is 10.1. The average Bonchev–Trinajstić information content (AvgIpc) is 2.28. The van der Waals surface area contributed by atoms with Crippen LogP contribution in [0.5, 0.6) is 5.75 Å². The van der Waals surface area contributed by atoms with Crippen LogP contribution in [-0.2, 0) is 4.74 Å². The summed E-state index contributed by atoms with van der Waals surface area (Å²) in [7, 11) is 1.59. The first kappa shape index (κ1) is 14.4. The minimum atomic E-state index is -0.690. The number of halogens is 1. The van der Waals surface area contributed by atoms with Crippen LogP contribution in [0, 0.1) is 15.9 Å². The first-order chi connectivity index (χ1) is 8.34. The Morgan fingerprint density at radius 1 is 1.39 bits per heavy atom. The van der Waals surface area contributed by atoms with Gasteiger partial charge in [-0.25, -0.2) is 4.39 Å². The maximum Gasteiger partial charge on any atom is 0.276 e. The van der Waals surface area contributed by atoms with E-state index in [1.807, 2.05) is 13.8 Å². The lowest BCUT2D eigenvalue weighted by molar-refractivity contribution is -0.385. The molecule has 0 aliphatic rings. The molecule has 0 aliphatic carbocycles. The lowest BCUT2D eigenvalue weighted by Crippen LogP contribution is -2.25. The monoisotopic (exact) mass is 257 g/mol. The molecule has 0 heterocycles. The lowest BCUT2D eigenvalue weighted by Gasteiger charge is -2.22. The Hall–Kier alpha value is -1.69. The summed E-state index contributed by atoms with van der Waals surface area (Å²) in [5.74, 6) is -0.543. The second-order valence-electron chi connectivity index (χ2n) is 4.46. The fraction of sp³-hybridized carbons (Fsp3) is 0.500. The largest absolute Gasteiger partial charge is 0.493 e. The van der Waals surface area contributed by atoms with E-state index in [1.54, 1.807) is 7.11 Å². The smallest absolute Gasteiger partial charge is 0.276 e. The summed E-state index contributed by atoms with van der Waals surface area (Å²) in [4.78, 5) is 9.89. The molecule has 0 saturated carbocycles. The molecule has 0 bridgehead atoms. The number of ether oxygens (including phenoxy) is 2. The molecule has 0 fully saturated rings. The van der Waals surface area contributed by atoms with Crippen LogP contribution in [0.3, 0.4) is 0 Å². The molecule has 0 atom stereocenters. The van der Waals surface area contributed by atoms with E-state index in [4.69, 9.17) is 9.47 Å². The van der Waals surface area contributed by atoms with Crippen LogP contribution in [0.2, 0.25) is 0 Å². The van der Waals surface area contributed by atoms with Gasteiger partial charge in [-0.1, -0.05) is 0 Å². The zero-order chi connectivity index (χ0) is 13.8. The van der Waals surface area contributed by atoms with E-state index in [0.29, 0.717) is 13.0 Å². The number of benzene rings is 1. The van der Waals surface area contributed by atoms with Crippen molar-refractivity contribution in [1.82, 2.24) is 0 Å². The van der Waals surface area contributed by atoms with E-state index >= 15 is 0 Å². The highest BCUT2D eigenvalue weighted by Gasteiger charge is 2.17. The summed E-state index contributed by atoms with van der Waals surface area (Å²) in [5.41, 5.74) is -0.671. The molecule has 0 radical (unpaired) electrons. The van der Waals surface area contributed by atoms with E-state index < -0.39 is 10.7 Å². The number of nitrogens with zero attached hydrogens (tertiary/aromatic N) is 1. The highest BCUT2D eigenvalue weighted by Crippen LogP contribution is 2.22. The van der Waals surface area contributed by atoms with Crippen molar-refractivity contribution in [3.63, 3.8) is 0 Å². The highest BCUT2D eigenvalue weighted by atomic mass is 19.1. The normalized spacial score (nSPS) is 11.3. The summed E-state index contributed by atoms with van der Waals surface area (Å²) in [6, 6.07) is 3.17. The molecule has 0 spiro atoms. The van der Waals surface area contributed by atoms with Gasteiger partial charge in [-0.05, 0) is 13.8 Å². The minimum Gasteiger partial charge on any atom is -0.493 e. The standard InChI is InChI=1S/C12H16FNO4/c1-12(2,17-3)4-5-18-11-7-9(13)6-10(8-11)14(15)16/h6-8H,4-5H2,1-3H3. The first-order valence-corrected chi connectivity index (χ1v) is 5.47. The van der Waals surface area contributed by atoms with Gasteiger partial charge >= 0.3 is 0 Å². The predicted octanol–water partition coefficient (Wildman–Crippen LogP) is 2.93. The predicted molar refractivity (Wildman–Crippen MR) is 64.3 cm³/mol. The quantitative estimate of drug-likeness (QED) is 0.580. The second kappa shape index (κ2) is 5.77. The van der Waals surface area contributed by atoms with Crippen LogP contribution in [0.1, 0.15) is 20.3 Å². The molecule has 0 aliphatic heterocycles. The van der Waals surface area contributed by atoms with Gasteiger partial charge < -0.3 is 9.47 Å². The van der Waals surface area contributed by atoms with Crippen molar-refractivity contribution in [3.8, 4) is 5.75 Å². The van der Waals surface area contributed by atoms with Crippen LogP contribution in [0.25, 0.3) is 0 Å². The van der Waals surface area contributed by atoms with Gasteiger partial charge in [0.2, 0.25) is 0 Å². The van der Waals surface area contributed by atoms with Gasteiger partial charge in [-0.3, -0.25) is 10.1 Å². The zero-order valence-corrected chi connectivity index (χ0v) is 10.6. The van der Waals surface area contributed by atoms with E-state index in [9.17, 15) is 14.5 Å². The Balaban J connectivity index is 2.65. The van der Waals surface area contributed by atoms with E-state index in [2.05, 4.69) is 0 Å². The Labute approximate surface area is 105 Å². The molecule has 0 aromatic heterocycles. The maximum atomic E-state index is 13.1. The molecule has 6 heteroatoms. The Bertz CT molecular complexity index is 434. The number of nitro groups is 1. The number of hydrogen-bond donors (Lipinski definition) is 0. The van der Waals surface area contributed by atoms with E-state index in [1.165, 1.54) is 6.07 Å². The summed E-state index contributed by atoms with van der Waals surface area (Å²) in [6.07, 6.45) is 0.591. The van der Waals surface area contributed by atoms with Gasteiger partial charge in [0.1, 0.15) is 11.6 Å². The average molecular weight is 257 g/mol. The molecular formula is C12H16FNO4. The number of nitro benzene ring substituents is 1. The number of non-ortho nitro benzene ring substituents is 1. The van der Waals surface area contributed by atoms with Crippen molar-refractivity contribution in [1.29, 1.82) is 0 Å². The third-order valence-corrected chi connectivity index (χ3v) is 2.59. The van der Waals surface area contributed by atoms with Crippen LogP contribution in [0.15, 0.2) is 18.2 Å². The van der Waals surface area contributed by atoms with Gasteiger partial charge in [-0.2, -0.15) is 0 Å². The topological polar surface area (TPSA) is 61.6 Å². The molecule has 0 unspecified atom stereocenters. The fourth-order valence-electron chi connectivity index (χ4n) is 1.25. The molecule has 100 valence electrons. The van der Waals surface area contributed by atoms with Crippen molar-refractivity contribution in [2.24, 2.45) is 0 Å². The fourth-order valence-corrected chi connectivity index (χ4v) is 1.25. The summed E-state index contributed by atoms with van der Waals surface area (Å²) in [5, 5.41) is 10.5. The van der Waals surface area contributed by atoms with Crippen molar-refractivity contribution >= 4 is 5.69 Å². The second-order valence-corrected chi connectivity index (χ2v) is 4.46. The molecule has 18 heavy (non-hydrogen) atoms. The van der Waals surface area contributed by atoms with E-state index in [-0.39, 0.29) is 17.0 Å². The van der Waals surface area contributed by atoms with Crippen LogP contribution < -0.4 is 4.74 Å². The van der Waals surface area contributed by atoms with Gasteiger partial charge in [0.25, 0.3) is 5.69 Å². The molecule has 1 aromatic carbocycles. The van der Waals surface area contributed by atoms with E-state index in [0.717, 1.165) is 12.1 Å². The molecule has 5 nitrogen and oxygen atoms in total. The van der Waals surface area contributed by atoms with Crippen molar-refractivity contribution in [3.05, 3.63) is 34.1 Å². The number of rotatable bonds is 6. The Morgan fingerprint density at radius 2 is 2.06 bits per heavy atom. The summed E-state index contributed by atoms with van der Waals surface area (Å²) in [6.45, 7) is 4.08. The molecular weight excluding hydrogens is 241 g/mol. The number of methoxy groups -OCH3 is 1. The molecule has 0 saturated heterocycles. The van der Waals surface area contributed by atoms with Crippen LogP contribution in [-0.4, -0.2) is 24.2 Å². The molecule has 0 N–H and O–H groups in total. The molecule has 1 rings (SSSR count). The molecule has 0 amide bonds. The third kappa shape index (κ3) is 4.29.